The number of hydrogen-bond acceptors (Lipinski definition) is 9. The van der Waals surface area contributed by atoms with Crippen molar-refractivity contribution in [1.82, 2.24) is 25.0 Å². The van der Waals surface area contributed by atoms with Crippen LogP contribution in [0.25, 0.3) is 5.69 Å². The van der Waals surface area contributed by atoms with Gasteiger partial charge in [0.05, 0.1) is 34.8 Å². The number of H-pyrrole nitrogens is 1. The Morgan fingerprint density at radius 3 is 2.35 bits per heavy atom. The molecule has 1 aliphatic heterocycles. The minimum atomic E-state index is -0.917. The molecular weight excluding hydrogens is 561 g/mol. The summed E-state index contributed by atoms with van der Waals surface area (Å²) in [5.41, 5.74) is -1.66. The fraction of sp³-hybridized carbons (Fsp3) is 0.192. The van der Waals surface area contributed by atoms with Crippen molar-refractivity contribution in [3.8, 4) is 29.1 Å². The van der Waals surface area contributed by atoms with Crippen molar-refractivity contribution in [3.05, 3.63) is 90.2 Å². The van der Waals surface area contributed by atoms with Crippen LogP contribution in [0.15, 0.2) is 52.1 Å². The van der Waals surface area contributed by atoms with E-state index in [-0.39, 0.29) is 33.3 Å². The number of fused-ring (bicyclic) bond motifs is 1. The number of rotatable bonds is 6. The maximum absolute atomic E-state index is 13.3. The summed E-state index contributed by atoms with van der Waals surface area (Å²) in [4.78, 5) is 40.8. The second-order valence-corrected chi connectivity index (χ2v) is 10.1. The molecule has 0 saturated heterocycles. The number of nitrogens with zero attached hydrogens (tertiary/aromatic N) is 6. The van der Waals surface area contributed by atoms with Crippen molar-refractivity contribution in [3.63, 3.8) is 0 Å². The first kappa shape index (κ1) is 26.9. The van der Waals surface area contributed by atoms with Gasteiger partial charge in [-0.05, 0) is 43.7 Å². The molecule has 12 nitrogen and oxygen atoms in total. The molecule has 2 aromatic carbocycles. The highest BCUT2D eigenvalue weighted by molar-refractivity contribution is 6.37. The fourth-order valence-corrected chi connectivity index (χ4v) is 4.76. The van der Waals surface area contributed by atoms with Crippen molar-refractivity contribution < 1.29 is 14.3 Å². The lowest BCUT2D eigenvalue weighted by Crippen LogP contribution is -2.35. The second kappa shape index (κ2) is 10.1. The molecule has 0 fully saturated rings. The average Bonchev–Trinajstić information content (AvgIpc) is 3.11. The number of anilines is 1. The van der Waals surface area contributed by atoms with E-state index in [9.17, 15) is 14.4 Å². The molecule has 0 saturated carbocycles. The molecule has 202 valence electrons. The van der Waals surface area contributed by atoms with Gasteiger partial charge in [0.1, 0.15) is 11.8 Å². The minimum Gasteiger partial charge on any atom is -0.497 e. The molecule has 0 bridgehead atoms. The van der Waals surface area contributed by atoms with E-state index in [0.717, 1.165) is 10.2 Å². The largest absolute Gasteiger partial charge is 0.497 e. The van der Waals surface area contributed by atoms with Crippen LogP contribution in [0.3, 0.4) is 0 Å². The molecular formula is C26H19Cl2N7O5. The van der Waals surface area contributed by atoms with Crippen LogP contribution in [-0.4, -0.2) is 38.0 Å². The lowest BCUT2D eigenvalue weighted by Gasteiger charge is -2.19. The zero-order valence-electron chi connectivity index (χ0n) is 21.2. The first-order chi connectivity index (χ1) is 19.0. The van der Waals surface area contributed by atoms with Crippen molar-refractivity contribution >= 4 is 34.9 Å². The van der Waals surface area contributed by atoms with Gasteiger partial charge in [-0.1, -0.05) is 35.3 Å². The molecule has 3 heterocycles. The van der Waals surface area contributed by atoms with Gasteiger partial charge in [0, 0.05) is 11.6 Å². The number of benzene rings is 2. The SMILES string of the molecule is COc1ccc(CN2C(=O)C(C)(C)c3cc(Oc4c(Cl)cc(-n5nc(C#N)c(=O)[nH]c5=O)cc4Cl)nnc32)cc1. The smallest absolute Gasteiger partial charge is 0.349 e. The Balaban J connectivity index is 1.46. The number of methoxy groups -OCH3 is 1. The number of aromatic amines is 1. The number of carbonyl (C=O) groups is 1. The maximum Gasteiger partial charge on any atom is 0.349 e. The Kier molecular flexibility index (Phi) is 6.79. The first-order valence-electron chi connectivity index (χ1n) is 11.7. The highest BCUT2D eigenvalue weighted by atomic mass is 35.5. The van der Waals surface area contributed by atoms with Crippen LogP contribution in [-0.2, 0) is 16.8 Å². The minimum absolute atomic E-state index is 0.0107. The van der Waals surface area contributed by atoms with Gasteiger partial charge in [-0.25, -0.2) is 4.79 Å². The van der Waals surface area contributed by atoms with Crippen molar-refractivity contribution in [1.29, 1.82) is 5.26 Å². The van der Waals surface area contributed by atoms with Crippen LogP contribution >= 0.6 is 23.2 Å². The number of halogens is 2. The molecule has 0 spiro atoms. The van der Waals surface area contributed by atoms with Gasteiger partial charge in [0.25, 0.3) is 5.56 Å². The normalized spacial score (nSPS) is 13.6. The topological polar surface area (TPSA) is 156 Å². The number of aromatic nitrogens is 5. The van der Waals surface area contributed by atoms with E-state index in [1.807, 2.05) is 29.2 Å². The van der Waals surface area contributed by atoms with Crippen molar-refractivity contribution in [2.24, 2.45) is 0 Å². The first-order valence-corrected chi connectivity index (χ1v) is 12.4. The zero-order chi connectivity index (χ0) is 28.8. The Hall–Kier alpha value is -4.73. The van der Waals surface area contributed by atoms with E-state index in [1.165, 1.54) is 12.1 Å². The second-order valence-electron chi connectivity index (χ2n) is 9.26. The summed E-state index contributed by atoms with van der Waals surface area (Å²) < 4.78 is 11.8. The van der Waals surface area contributed by atoms with Gasteiger partial charge >= 0.3 is 5.69 Å². The average molecular weight is 580 g/mol. The third-order valence-electron chi connectivity index (χ3n) is 6.33. The Morgan fingerprint density at radius 2 is 1.73 bits per heavy atom. The summed E-state index contributed by atoms with van der Waals surface area (Å²) in [6.07, 6.45) is 0. The standard InChI is InChI=1S/C26H19Cl2N7O5/c1-26(2)16-10-20(31-32-22(16)34(24(26)37)12-13-4-6-15(39-3)7-5-13)40-21-17(27)8-14(9-18(21)28)35-25(38)30-23(36)19(11-29)33-35/h4-10H,12H2,1-3H3,(H,30,36,38). The molecule has 4 aromatic rings. The third-order valence-corrected chi connectivity index (χ3v) is 6.89. The summed E-state index contributed by atoms with van der Waals surface area (Å²) in [5, 5.41) is 21.2. The van der Waals surface area contributed by atoms with Gasteiger partial charge < -0.3 is 9.47 Å². The molecule has 1 N–H and O–H groups in total. The lowest BCUT2D eigenvalue weighted by molar-refractivity contribution is -0.122. The van der Waals surface area contributed by atoms with E-state index in [1.54, 1.807) is 38.0 Å². The van der Waals surface area contributed by atoms with E-state index in [0.29, 0.717) is 23.7 Å². The van der Waals surface area contributed by atoms with Crippen LogP contribution in [0.4, 0.5) is 5.82 Å². The highest BCUT2D eigenvalue weighted by Crippen LogP contribution is 2.43. The molecule has 0 radical (unpaired) electrons. The van der Waals surface area contributed by atoms with Crippen LogP contribution in [0, 0.1) is 11.3 Å². The predicted molar refractivity (Wildman–Crippen MR) is 145 cm³/mol. The molecule has 40 heavy (non-hydrogen) atoms. The molecule has 5 rings (SSSR count). The number of carbonyl (C=O) groups excluding carboxylic acids is 1. The molecule has 0 aliphatic carbocycles. The Labute approximate surface area is 236 Å². The number of nitrogens with one attached hydrogen (secondary N) is 1. The molecule has 14 heteroatoms. The molecule has 0 atom stereocenters. The van der Waals surface area contributed by atoms with Crippen LogP contribution in [0.2, 0.25) is 10.0 Å². The van der Waals surface area contributed by atoms with E-state index in [2.05, 4.69) is 15.3 Å². The molecule has 1 amide bonds. The van der Waals surface area contributed by atoms with Crippen LogP contribution in [0.1, 0.15) is 30.7 Å². The van der Waals surface area contributed by atoms with Crippen molar-refractivity contribution in [2.45, 2.75) is 25.8 Å². The number of ether oxygens (including phenoxy) is 2. The quantitative estimate of drug-likeness (QED) is 0.361. The maximum atomic E-state index is 13.3. The van der Waals surface area contributed by atoms with Gasteiger partial charge in [-0.15, -0.1) is 15.3 Å². The van der Waals surface area contributed by atoms with Gasteiger partial charge in [0.2, 0.25) is 17.5 Å². The Bertz CT molecular complexity index is 1800. The monoisotopic (exact) mass is 579 g/mol. The zero-order valence-corrected chi connectivity index (χ0v) is 22.7. The van der Waals surface area contributed by atoms with E-state index < -0.39 is 22.4 Å². The lowest BCUT2D eigenvalue weighted by atomic mass is 9.87. The summed E-state index contributed by atoms with van der Waals surface area (Å²) in [7, 11) is 1.58. The number of amides is 1. The van der Waals surface area contributed by atoms with Crippen LogP contribution in [0.5, 0.6) is 17.4 Å². The highest BCUT2D eigenvalue weighted by Gasteiger charge is 2.45. The summed E-state index contributed by atoms with van der Waals surface area (Å²) in [6, 6.07) is 13.2. The molecule has 0 unspecified atom stereocenters. The Morgan fingerprint density at radius 1 is 1.05 bits per heavy atom. The third kappa shape index (κ3) is 4.66. The predicted octanol–water partition coefficient (Wildman–Crippen LogP) is 3.51. The summed E-state index contributed by atoms with van der Waals surface area (Å²) in [6.45, 7) is 3.86. The fourth-order valence-electron chi connectivity index (χ4n) is 4.20. The van der Waals surface area contributed by atoms with E-state index >= 15 is 0 Å². The number of nitriles is 1. The molecule has 1 aliphatic rings. The summed E-state index contributed by atoms with van der Waals surface area (Å²) >= 11 is 12.8. The van der Waals surface area contributed by atoms with Gasteiger partial charge in [-0.3, -0.25) is 19.5 Å². The van der Waals surface area contributed by atoms with Gasteiger partial charge in [0.15, 0.2) is 11.6 Å². The van der Waals surface area contributed by atoms with Gasteiger partial charge in [-0.2, -0.15) is 9.94 Å². The van der Waals surface area contributed by atoms with Crippen molar-refractivity contribution in [2.75, 3.05) is 12.0 Å². The molecule has 2 aromatic heterocycles. The van der Waals surface area contributed by atoms with E-state index in [4.69, 9.17) is 37.9 Å². The number of hydrogen-bond donors (Lipinski definition) is 1. The summed E-state index contributed by atoms with van der Waals surface area (Å²) in [5.74, 6) is 1.01. The van der Waals surface area contributed by atoms with Crippen LogP contribution < -0.4 is 25.6 Å².